The number of aromatic amines is 2. The van der Waals surface area contributed by atoms with Crippen molar-refractivity contribution in [2.75, 3.05) is 20.8 Å². The molecular formula is C25H27N3O4. The van der Waals surface area contributed by atoms with E-state index in [0.717, 1.165) is 47.1 Å². The number of carbonyl (C=O) groups is 1. The van der Waals surface area contributed by atoms with Gasteiger partial charge in [-0.1, -0.05) is 0 Å². The van der Waals surface area contributed by atoms with E-state index in [1.165, 1.54) is 10.9 Å². The van der Waals surface area contributed by atoms with E-state index < -0.39 is 0 Å². The molecule has 0 saturated carbocycles. The average molecular weight is 434 g/mol. The zero-order valence-electron chi connectivity index (χ0n) is 18.5. The van der Waals surface area contributed by atoms with Gasteiger partial charge in [-0.25, -0.2) is 0 Å². The van der Waals surface area contributed by atoms with Crippen molar-refractivity contribution in [3.63, 3.8) is 0 Å². The van der Waals surface area contributed by atoms with Crippen molar-refractivity contribution < 1.29 is 19.0 Å². The zero-order chi connectivity index (χ0) is 22.2. The van der Waals surface area contributed by atoms with E-state index in [1.54, 1.807) is 14.2 Å². The number of carbonyl (C=O) groups excluding carboxylic acids is 1. The van der Waals surface area contributed by atoms with Crippen LogP contribution in [-0.4, -0.2) is 36.7 Å². The van der Waals surface area contributed by atoms with Crippen LogP contribution < -0.4 is 19.5 Å². The number of H-pyrrole nitrogens is 2. The van der Waals surface area contributed by atoms with E-state index in [2.05, 4.69) is 21.4 Å². The van der Waals surface area contributed by atoms with Crippen LogP contribution >= 0.6 is 0 Å². The van der Waals surface area contributed by atoms with E-state index in [9.17, 15) is 4.79 Å². The standard InChI is InChI=1S/C25H27N3O4/c1-4-32-14-8-9-18-16(12-14)15-6-5-7-19(23(15)26-18)28-25(29)20-13-17-21(30-2)10-11-22(31-3)24(17)27-20/h8-13,19,26-27H,4-7H2,1-3H3,(H,28,29). The van der Waals surface area contributed by atoms with Crippen LogP contribution in [0.15, 0.2) is 36.4 Å². The number of benzene rings is 2. The summed E-state index contributed by atoms with van der Waals surface area (Å²) in [5.41, 5.74) is 4.64. The molecule has 1 aliphatic carbocycles. The molecule has 166 valence electrons. The maximum Gasteiger partial charge on any atom is 0.268 e. The zero-order valence-corrected chi connectivity index (χ0v) is 18.5. The second-order valence-corrected chi connectivity index (χ2v) is 8.02. The predicted octanol–water partition coefficient (Wildman–Crippen LogP) is 4.87. The highest BCUT2D eigenvalue weighted by molar-refractivity contribution is 6.01. The van der Waals surface area contributed by atoms with Crippen molar-refractivity contribution in [1.82, 2.24) is 15.3 Å². The molecule has 0 bridgehead atoms. The highest BCUT2D eigenvalue weighted by Gasteiger charge is 2.27. The van der Waals surface area contributed by atoms with E-state index in [-0.39, 0.29) is 11.9 Å². The van der Waals surface area contributed by atoms with E-state index in [0.29, 0.717) is 23.8 Å². The number of hydrogen-bond donors (Lipinski definition) is 3. The largest absolute Gasteiger partial charge is 0.496 e. The lowest BCUT2D eigenvalue weighted by molar-refractivity contribution is 0.0927. The first-order valence-corrected chi connectivity index (χ1v) is 10.9. The molecule has 0 saturated heterocycles. The minimum absolute atomic E-state index is 0.0793. The maximum atomic E-state index is 13.2. The number of methoxy groups -OCH3 is 2. The van der Waals surface area contributed by atoms with Crippen molar-refractivity contribution in [3.05, 3.63) is 53.3 Å². The molecule has 1 aliphatic rings. The van der Waals surface area contributed by atoms with Crippen molar-refractivity contribution in [3.8, 4) is 17.2 Å². The van der Waals surface area contributed by atoms with Gasteiger partial charge in [0.1, 0.15) is 22.9 Å². The van der Waals surface area contributed by atoms with E-state index in [4.69, 9.17) is 14.2 Å². The van der Waals surface area contributed by atoms with Crippen LogP contribution in [0.2, 0.25) is 0 Å². The van der Waals surface area contributed by atoms with Crippen LogP contribution in [0.3, 0.4) is 0 Å². The van der Waals surface area contributed by atoms with Crippen LogP contribution in [0.5, 0.6) is 17.2 Å². The SMILES string of the molecule is CCOc1ccc2[nH]c3c(c2c1)CCCC3NC(=O)c1cc2c(OC)ccc(OC)c2[nH]1. The van der Waals surface area contributed by atoms with Gasteiger partial charge in [-0.15, -0.1) is 0 Å². The molecule has 7 heteroatoms. The first-order valence-electron chi connectivity index (χ1n) is 10.9. The van der Waals surface area contributed by atoms with Gasteiger partial charge in [0.15, 0.2) is 0 Å². The lowest BCUT2D eigenvalue weighted by atomic mass is 9.91. The summed E-state index contributed by atoms with van der Waals surface area (Å²) in [7, 11) is 3.22. The highest BCUT2D eigenvalue weighted by atomic mass is 16.5. The predicted molar refractivity (Wildman–Crippen MR) is 124 cm³/mol. The van der Waals surface area contributed by atoms with Gasteiger partial charge >= 0.3 is 0 Å². The lowest BCUT2D eigenvalue weighted by Gasteiger charge is -2.23. The summed E-state index contributed by atoms with van der Waals surface area (Å²) in [5, 5.41) is 5.20. The van der Waals surface area contributed by atoms with Crippen LogP contribution in [0.1, 0.15) is 47.6 Å². The Morgan fingerprint density at radius 2 is 1.88 bits per heavy atom. The molecule has 1 unspecified atom stereocenters. The Bertz CT molecular complexity index is 1260. The molecule has 2 heterocycles. The van der Waals surface area contributed by atoms with Gasteiger partial charge in [-0.05, 0) is 68.1 Å². The minimum atomic E-state index is -0.156. The van der Waals surface area contributed by atoms with Crippen LogP contribution in [0, 0.1) is 0 Å². The molecule has 0 spiro atoms. The number of amides is 1. The molecule has 2 aromatic heterocycles. The summed E-state index contributed by atoms with van der Waals surface area (Å²) in [6, 6.07) is 11.5. The smallest absolute Gasteiger partial charge is 0.268 e. The first kappa shape index (κ1) is 20.3. The Morgan fingerprint density at radius 3 is 2.66 bits per heavy atom. The molecule has 32 heavy (non-hydrogen) atoms. The summed E-state index contributed by atoms with van der Waals surface area (Å²) in [6.07, 6.45) is 2.88. The number of hydrogen-bond acceptors (Lipinski definition) is 4. The van der Waals surface area contributed by atoms with Crippen LogP contribution in [0.25, 0.3) is 21.8 Å². The fourth-order valence-electron chi connectivity index (χ4n) is 4.72. The Balaban J connectivity index is 1.46. The third-order valence-corrected chi connectivity index (χ3v) is 6.20. The second kappa shape index (κ2) is 8.15. The highest BCUT2D eigenvalue weighted by Crippen LogP contribution is 2.37. The third kappa shape index (κ3) is 3.34. The molecule has 3 N–H and O–H groups in total. The summed E-state index contributed by atoms with van der Waals surface area (Å²) in [4.78, 5) is 19.9. The molecule has 0 radical (unpaired) electrons. The van der Waals surface area contributed by atoms with Crippen LogP contribution in [0.4, 0.5) is 0 Å². The minimum Gasteiger partial charge on any atom is -0.496 e. The molecule has 5 rings (SSSR count). The van der Waals surface area contributed by atoms with E-state index >= 15 is 0 Å². The number of aromatic nitrogens is 2. The molecule has 0 fully saturated rings. The molecule has 4 aromatic rings. The quantitative estimate of drug-likeness (QED) is 0.405. The fourth-order valence-corrected chi connectivity index (χ4v) is 4.72. The second-order valence-electron chi connectivity index (χ2n) is 8.02. The molecule has 1 amide bonds. The van der Waals surface area contributed by atoms with Gasteiger partial charge in [-0.2, -0.15) is 0 Å². The Labute approximate surface area is 186 Å². The van der Waals surface area contributed by atoms with Crippen molar-refractivity contribution in [2.24, 2.45) is 0 Å². The van der Waals surface area contributed by atoms with Crippen molar-refractivity contribution in [2.45, 2.75) is 32.2 Å². The summed E-state index contributed by atoms with van der Waals surface area (Å²) in [6.45, 7) is 2.62. The Morgan fingerprint density at radius 1 is 1.06 bits per heavy atom. The molecular weight excluding hydrogens is 406 g/mol. The fraction of sp³-hybridized carbons (Fsp3) is 0.320. The maximum absolute atomic E-state index is 13.2. The third-order valence-electron chi connectivity index (χ3n) is 6.20. The normalized spacial score (nSPS) is 15.5. The Hall–Kier alpha value is -3.61. The molecule has 7 nitrogen and oxygen atoms in total. The number of aryl methyl sites for hydroxylation is 1. The van der Waals surface area contributed by atoms with Gasteiger partial charge in [0.25, 0.3) is 5.91 Å². The summed E-state index contributed by atoms with van der Waals surface area (Å²) < 4.78 is 16.6. The molecule has 0 aliphatic heterocycles. The van der Waals surface area contributed by atoms with Crippen molar-refractivity contribution in [1.29, 1.82) is 0 Å². The number of fused-ring (bicyclic) bond motifs is 4. The van der Waals surface area contributed by atoms with Gasteiger partial charge < -0.3 is 29.5 Å². The molecule has 1 atom stereocenters. The molecule has 2 aromatic carbocycles. The van der Waals surface area contributed by atoms with Gasteiger partial charge in [-0.3, -0.25) is 4.79 Å². The average Bonchev–Trinajstić information content (AvgIpc) is 3.41. The Kier molecular flexibility index (Phi) is 5.17. The topological polar surface area (TPSA) is 88.4 Å². The lowest BCUT2D eigenvalue weighted by Crippen LogP contribution is -2.31. The van der Waals surface area contributed by atoms with Gasteiger partial charge in [0, 0.05) is 22.0 Å². The number of rotatable bonds is 6. The number of nitrogens with one attached hydrogen (secondary N) is 3. The monoisotopic (exact) mass is 433 g/mol. The van der Waals surface area contributed by atoms with Gasteiger partial charge in [0.2, 0.25) is 0 Å². The summed E-state index contributed by atoms with van der Waals surface area (Å²) >= 11 is 0. The number of ether oxygens (including phenoxy) is 3. The van der Waals surface area contributed by atoms with Crippen LogP contribution in [-0.2, 0) is 6.42 Å². The van der Waals surface area contributed by atoms with Crippen molar-refractivity contribution >= 4 is 27.7 Å². The van der Waals surface area contributed by atoms with Gasteiger partial charge in [0.05, 0.1) is 32.4 Å². The first-order chi connectivity index (χ1) is 15.6. The summed E-state index contributed by atoms with van der Waals surface area (Å²) in [5.74, 6) is 2.07. The van der Waals surface area contributed by atoms with E-state index in [1.807, 2.05) is 37.3 Å².